The highest BCUT2D eigenvalue weighted by Gasteiger charge is 2.27. The van der Waals surface area contributed by atoms with Gasteiger partial charge in [-0.25, -0.2) is 9.98 Å². The quantitative estimate of drug-likeness (QED) is 0.581. The third-order valence-electron chi connectivity index (χ3n) is 2.90. The highest BCUT2D eigenvalue weighted by Crippen LogP contribution is 2.23. The number of imidazole rings is 1. The van der Waals surface area contributed by atoms with E-state index in [-0.39, 0.29) is 0 Å². The maximum atomic E-state index is 6.20. The minimum Gasteiger partial charge on any atom is -0.384 e. The van der Waals surface area contributed by atoms with Gasteiger partial charge in [0.25, 0.3) is 0 Å². The number of hydrogen-bond donors (Lipinski definition) is 4. The molecular formula is C12H14N6. The van der Waals surface area contributed by atoms with Crippen molar-refractivity contribution in [3.05, 3.63) is 41.9 Å². The number of aliphatic imine (C=N–C) groups is 1. The molecule has 92 valence electrons. The zero-order valence-corrected chi connectivity index (χ0v) is 9.94. The van der Waals surface area contributed by atoms with Gasteiger partial charge in [0, 0.05) is 11.8 Å². The van der Waals surface area contributed by atoms with Crippen LogP contribution in [0.5, 0.6) is 0 Å². The van der Waals surface area contributed by atoms with Crippen LogP contribution in [0.15, 0.2) is 35.5 Å². The van der Waals surface area contributed by atoms with E-state index in [0.29, 0.717) is 5.84 Å². The van der Waals surface area contributed by atoms with Crippen LogP contribution < -0.4 is 16.8 Å². The van der Waals surface area contributed by atoms with Gasteiger partial charge in [0.05, 0.1) is 11.0 Å². The molecule has 0 spiro atoms. The minimum absolute atomic E-state index is 0.400. The molecule has 0 aliphatic carbocycles. The van der Waals surface area contributed by atoms with Gasteiger partial charge in [0.15, 0.2) is 0 Å². The van der Waals surface area contributed by atoms with Crippen molar-refractivity contribution in [2.45, 2.75) is 12.7 Å². The zero-order chi connectivity index (χ0) is 12.8. The number of nitrogens with one attached hydrogen (secondary N) is 2. The average Bonchev–Trinajstić information content (AvgIpc) is 2.67. The summed E-state index contributed by atoms with van der Waals surface area (Å²) < 4.78 is 0. The molecule has 3 rings (SSSR count). The molecule has 0 bridgehead atoms. The van der Waals surface area contributed by atoms with Crippen LogP contribution in [0.3, 0.4) is 0 Å². The summed E-state index contributed by atoms with van der Waals surface area (Å²) >= 11 is 0. The number of nitrogens with two attached hydrogens (primary N) is 2. The number of benzene rings is 1. The number of rotatable bonds is 1. The van der Waals surface area contributed by atoms with Gasteiger partial charge in [-0.3, -0.25) is 5.73 Å². The van der Waals surface area contributed by atoms with Crippen molar-refractivity contribution < 1.29 is 0 Å². The number of amidine groups is 1. The molecule has 0 saturated carbocycles. The fraction of sp³-hybridized carbons (Fsp3) is 0.167. The van der Waals surface area contributed by atoms with Crippen LogP contribution in [0.4, 0.5) is 0 Å². The smallest absolute Gasteiger partial charge is 0.211 e. The van der Waals surface area contributed by atoms with E-state index in [4.69, 9.17) is 11.5 Å². The molecule has 0 fully saturated rings. The normalized spacial score (nSPS) is 22.9. The van der Waals surface area contributed by atoms with Crippen LogP contribution in [0.1, 0.15) is 11.4 Å². The molecule has 1 aliphatic heterocycles. The highest BCUT2D eigenvalue weighted by molar-refractivity contribution is 5.92. The molecule has 18 heavy (non-hydrogen) atoms. The molecule has 0 amide bonds. The van der Waals surface area contributed by atoms with Gasteiger partial charge in [-0.1, -0.05) is 6.07 Å². The maximum Gasteiger partial charge on any atom is 0.211 e. The Morgan fingerprint density at radius 3 is 2.94 bits per heavy atom. The van der Waals surface area contributed by atoms with Crippen LogP contribution in [0.2, 0.25) is 0 Å². The molecule has 2 aromatic rings. The van der Waals surface area contributed by atoms with E-state index >= 15 is 0 Å². The topological polar surface area (TPSA) is 105 Å². The van der Waals surface area contributed by atoms with Crippen molar-refractivity contribution in [3.8, 4) is 0 Å². The van der Waals surface area contributed by atoms with Crippen LogP contribution in [0, 0.1) is 6.92 Å². The molecule has 1 unspecified atom stereocenters. The van der Waals surface area contributed by atoms with E-state index in [1.165, 1.54) is 0 Å². The molecule has 6 heteroatoms. The van der Waals surface area contributed by atoms with Crippen molar-refractivity contribution in [2.24, 2.45) is 16.5 Å². The van der Waals surface area contributed by atoms with Gasteiger partial charge >= 0.3 is 0 Å². The van der Waals surface area contributed by atoms with Crippen molar-refractivity contribution >= 4 is 16.9 Å². The first-order valence-electron chi connectivity index (χ1n) is 5.62. The summed E-state index contributed by atoms with van der Waals surface area (Å²) in [4.78, 5) is 11.8. The Labute approximate surface area is 104 Å². The second-order valence-electron chi connectivity index (χ2n) is 4.33. The lowest BCUT2D eigenvalue weighted by Gasteiger charge is -2.28. The molecule has 6 N–H and O–H groups in total. The molecule has 1 aromatic carbocycles. The van der Waals surface area contributed by atoms with Crippen LogP contribution in [0.25, 0.3) is 11.0 Å². The van der Waals surface area contributed by atoms with E-state index < -0.39 is 5.79 Å². The largest absolute Gasteiger partial charge is 0.384 e. The van der Waals surface area contributed by atoms with Gasteiger partial charge < -0.3 is 16.0 Å². The highest BCUT2D eigenvalue weighted by atomic mass is 15.3. The summed E-state index contributed by atoms with van der Waals surface area (Å²) in [6, 6.07) is 5.73. The van der Waals surface area contributed by atoms with Gasteiger partial charge in [-0.05, 0) is 25.1 Å². The first-order chi connectivity index (χ1) is 8.57. The number of H-pyrrole nitrogens is 1. The number of nitrogens with zero attached hydrogens (tertiary/aromatic N) is 2. The lowest BCUT2D eigenvalue weighted by Crippen LogP contribution is -2.49. The van der Waals surface area contributed by atoms with Crippen LogP contribution in [-0.4, -0.2) is 15.8 Å². The van der Waals surface area contributed by atoms with Gasteiger partial charge in [-0.15, -0.1) is 0 Å². The van der Waals surface area contributed by atoms with Crippen molar-refractivity contribution in [3.63, 3.8) is 0 Å². The van der Waals surface area contributed by atoms with E-state index in [1.54, 1.807) is 12.3 Å². The summed E-state index contributed by atoms with van der Waals surface area (Å²) in [5.41, 5.74) is 14.6. The summed E-state index contributed by atoms with van der Waals surface area (Å²) in [6.07, 6.45) is 3.37. The number of aromatic amines is 1. The Morgan fingerprint density at radius 1 is 1.33 bits per heavy atom. The molecule has 1 atom stereocenters. The summed E-state index contributed by atoms with van der Waals surface area (Å²) in [5.74, 6) is 0.247. The number of aromatic nitrogens is 2. The number of fused-ring (bicyclic) bond motifs is 1. The Bertz CT molecular complexity index is 668. The standard InChI is InChI=1S/C12H14N6/c1-7-16-9-3-2-8(6-10(9)17-7)12(14)15-5-4-11(13)18-12/h2-6,15H,14H2,1H3,(H2,13,18)(H,16,17). The average molecular weight is 242 g/mol. The fourth-order valence-electron chi connectivity index (χ4n) is 2.05. The first-order valence-corrected chi connectivity index (χ1v) is 5.62. The van der Waals surface area contributed by atoms with E-state index in [0.717, 1.165) is 22.4 Å². The van der Waals surface area contributed by atoms with Crippen molar-refractivity contribution in [1.82, 2.24) is 15.3 Å². The third-order valence-corrected chi connectivity index (χ3v) is 2.90. The number of hydrogen-bond acceptors (Lipinski definition) is 5. The lowest BCUT2D eigenvalue weighted by molar-refractivity contribution is 0.410. The Morgan fingerprint density at radius 2 is 2.17 bits per heavy atom. The second kappa shape index (κ2) is 3.58. The van der Waals surface area contributed by atoms with E-state index in [9.17, 15) is 0 Å². The van der Waals surface area contributed by atoms with Crippen LogP contribution >= 0.6 is 0 Å². The zero-order valence-electron chi connectivity index (χ0n) is 9.94. The summed E-state index contributed by atoms with van der Waals surface area (Å²) in [5, 5.41) is 3.01. The molecule has 0 radical (unpaired) electrons. The monoisotopic (exact) mass is 242 g/mol. The molecule has 2 heterocycles. The van der Waals surface area contributed by atoms with Crippen molar-refractivity contribution in [2.75, 3.05) is 0 Å². The number of aryl methyl sites for hydroxylation is 1. The Balaban J connectivity index is 2.11. The summed E-state index contributed by atoms with van der Waals surface area (Å²) in [6.45, 7) is 1.91. The van der Waals surface area contributed by atoms with Crippen LogP contribution in [-0.2, 0) is 5.79 Å². The van der Waals surface area contributed by atoms with Gasteiger partial charge in [-0.2, -0.15) is 0 Å². The first kappa shape index (κ1) is 10.8. The van der Waals surface area contributed by atoms with E-state index in [2.05, 4.69) is 20.3 Å². The maximum absolute atomic E-state index is 6.20. The predicted octanol–water partition coefficient (Wildman–Crippen LogP) is 0.414. The molecule has 1 aromatic heterocycles. The third kappa shape index (κ3) is 1.63. The fourth-order valence-corrected chi connectivity index (χ4v) is 2.05. The Hall–Kier alpha value is -2.34. The molecule has 0 saturated heterocycles. The molecule has 6 nitrogen and oxygen atoms in total. The minimum atomic E-state index is -1.02. The van der Waals surface area contributed by atoms with Gasteiger partial charge in [0.2, 0.25) is 5.79 Å². The lowest BCUT2D eigenvalue weighted by atomic mass is 10.1. The van der Waals surface area contributed by atoms with E-state index in [1.807, 2.05) is 25.1 Å². The molecule has 1 aliphatic rings. The van der Waals surface area contributed by atoms with Crippen molar-refractivity contribution in [1.29, 1.82) is 0 Å². The molecular weight excluding hydrogens is 228 g/mol. The Kier molecular flexibility index (Phi) is 2.14. The van der Waals surface area contributed by atoms with Gasteiger partial charge in [0.1, 0.15) is 11.7 Å². The predicted molar refractivity (Wildman–Crippen MR) is 70.6 cm³/mol. The summed E-state index contributed by atoms with van der Waals surface area (Å²) in [7, 11) is 0. The second-order valence-corrected chi connectivity index (χ2v) is 4.33. The SMILES string of the molecule is Cc1nc2ccc(C3(N)N=C(N)C=CN3)cc2[nH]1.